The van der Waals surface area contributed by atoms with Crippen molar-refractivity contribution in [2.75, 3.05) is 0 Å². The summed E-state index contributed by atoms with van der Waals surface area (Å²) in [6.07, 6.45) is 2.82. The molecule has 111 valence electrons. The Hall–Kier alpha value is -1.92. The number of nitrogens with one attached hydrogen (secondary N) is 1. The van der Waals surface area contributed by atoms with Crippen LogP contribution in [-0.2, 0) is 6.54 Å². The molecule has 1 atom stereocenters. The molecule has 3 N–H and O–H groups in total. The molecule has 2 aromatic rings. The second-order valence-corrected chi connectivity index (χ2v) is 4.78. The Morgan fingerprint density at radius 2 is 2.00 bits per heavy atom. The minimum atomic E-state index is -0.522. The van der Waals surface area contributed by atoms with E-state index in [-0.39, 0.29) is 11.9 Å². The van der Waals surface area contributed by atoms with Crippen molar-refractivity contribution in [1.82, 2.24) is 15.3 Å². The van der Waals surface area contributed by atoms with Gasteiger partial charge >= 0.3 is 0 Å². The topological polar surface area (TPSA) is 63.8 Å². The van der Waals surface area contributed by atoms with Crippen molar-refractivity contribution in [1.29, 1.82) is 0 Å². The van der Waals surface area contributed by atoms with Gasteiger partial charge in [0.15, 0.2) is 11.6 Å². The lowest BCUT2D eigenvalue weighted by molar-refractivity contribution is 0.521. The Labute approximate surface area is 122 Å². The highest BCUT2D eigenvalue weighted by molar-refractivity contribution is 5.55. The van der Waals surface area contributed by atoms with Crippen molar-refractivity contribution in [2.45, 2.75) is 25.9 Å². The Morgan fingerprint density at radius 3 is 2.62 bits per heavy atom. The molecule has 0 fully saturated rings. The minimum absolute atomic E-state index is 0.175. The molecule has 0 amide bonds. The van der Waals surface area contributed by atoms with E-state index >= 15 is 0 Å². The lowest BCUT2D eigenvalue weighted by Gasteiger charge is -2.13. The number of nitrogens with two attached hydrogens (primary N) is 1. The fraction of sp³-hybridized carbons (Fsp3) is 0.267. The Bertz CT molecular complexity index is 587. The number of hydrogen-bond donors (Lipinski definition) is 2. The summed E-state index contributed by atoms with van der Waals surface area (Å²) in [5, 5.41) is 3.18. The maximum Gasteiger partial charge on any atom is 0.159 e. The zero-order valence-electron chi connectivity index (χ0n) is 11.7. The van der Waals surface area contributed by atoms with Gasteiger partial charge in [-0.15, -0.1) is 0 Å². The van der Waals surface area contributed by atoms with E-state index in [9.17, 15) is 8.78 Å². The van der Waals surface area contributed by atoms with Gasteiger partial charge in [-0.25, -0.2) is 18.7 Å². The maximum absolute atomic E-state index is 14.0. The van der Waals surface area contributed by atoms with E-state index in [1.54, 1.807) is 18.7 Å². The van der Waals surface area contributed by atoms with Crippen LogP contribution in [0.25, 0.3) is 11.4 Å². The molecular formula is C15H17F2N4. The van der Waals surface area contributed by atoms with Crippen molar-refractivity contribution >= 4 is 0 Å². The smallest absolute Gasteiger partial charge is 0.159 e. The van der Waals surface area contributed by atoms with Crippen LogP contribution in [0.2, 0.25) is 0 Å². The van der Waals surface area contributed by atoms with Crippen LogP contribution in [0.1, 0.15) is 18.9 Å². The molecule has 0 saturated carbocycles. The predicted molar refractivity (Wildman–Crippen MR) is 76.8 cm³/mol. The van der Waals surface area contributed by atoms with Gasteiger partial charge < -0.3 is 11.1 Å². The Kier molecular flexibility index (Phi) is 5.30. The van der Waals surface area contributed by atoms with Crippen molar-refractivity contribution in [3.63, 3.8) is 0 Å². The summed E-state index contributed by atoms with van der Waals surface area (Å²) >= 11 is 0. The second kappa shape index (κ2) is 7.19. The van der Waals surface area contributed by atoms with Gasteiger partial charge in [-0.2, -0.15) is 0 Å². The van der Waals surface area contributed by atoms with E-state index in [1.165, 1.54) is 6.07 Å². The third-order valence-corrected chi connectivity index (χ3v) is 3.06. The molecular weight excluding hydrogens is 274 g/mol. The highest BCUT2D eigenvalue weighted by atomic mass is 19.1. The van der Waals surface area contributed by atoms with E-state index in [2.05, 4.69) is 15.3 Å². The first kappa shape index (κ1) is 15.5. The second-order valence-electron chi connectivity index (χ2n) is 4.78. The van der Waals surface area contributed by atoms with E-state index in [0.717, 1.165) is 12.4 Å². The zero-order chi connectivity index (χ0) is 15.2. The summed E-state index contributed by atoms with van der Waals surface area (Å²) in [6.45, 7) is 3.95. The van der Waals surface area contributed by atoms with Crippen LogP contribution in [0.3, 0.4) is 0 Å². The van der Waals surface area contributed by atoms with Gasteiger partial charge in [-0.3, -0.25) is 0 Å². The molecule has 2 rings (SSSR count). The number of halogens is 2. The van der Waals surface area contributed by atoms with Crippen LogP contribution in [0.5, 0.6) is 0 Å². The lowest BCUT2D eigenvalue weighted by atomic mass is 10.1. The first-order valence-corrected chi connectivity index (χ1v) is 6.63. The zero-order valence-corrected chi connectivity index (χ0v) is 11.7. The molecule has 4 nitrogen and oxygen atoms in total. The number of hydrogen-bond acceptors (Lipinski definition) is 4. The number of aromatic nitrogens is 2. The van der Waals surface area contributed by atoms with Gasteiger partial charge in [0, 0.05) is 30.3 Å². The number of nitrogens with zero attached hydrogens (tertiary/aromatic N) is 2. The summed E-state index contributed by atoms with van der Waals surface area (Å²) in [5.41, 5.74) is 6.40. The summed E-state index contributed by atoms with van der Waals surface area (Å²) in [5.74, 6) is -0.580. The molecule has 0 aliphatic heterocycles. The standard InChI is InChI=1S/C15H17F2N4/c1-10(4-5-18)19-7-12-3-2-11(6-14(12)17)15-20-8-13(16)9-21-15/h2-3,5-6,8-10,19H,4,7,18H2,1H3. The number of benzene rings is 1. The molecule has 1 aromatic carbocycles. The fourth-order valence-electron chi connectivity index (χ4n) is 1.86. The van der Waals surface area contributed by atoms with Crippen molar-refractivity contribution < 1.29 is 8.78 Å². The lowest BCUT2D eigenvalue weighted by Crippen LogP contribution is -2.26. The monoisotopic (exact) mass is 291 g/mol. The van der Waals surface area contributed by atoms with Crippen molar-refractivity contribution in [3.05, 3.63) is 54.3 Å². The van der Waals surface area contributed by atoms with Gasteiger partial charge in [0.2, 0.25) is 0 Å². The van der Waals surface area contributed by atoms with Crippen LogP contribution >= 0.6 is 0 Å². The molecule has 0 aliphatic carbocycles. The van der Waals surface area contributed by atoms with Crippen LogP contribution in [0.15, 0.2) is 30.6 Å². The number of rotatable bonds is 6. The molecule has 0 aliphatic rings. The first-order valence-electron chi connectivity index (χ1n) is 6.63. The normalized spacial score (nSPS) is 12.4. The van der Waals surface area contributed by atoms with Crippen LogP contribution in [0, 0.1) is 18.2 Å². The SMILES string of the molecule is CC(C[CH]N)NCc1ccc(-c2ncc(F)cn2)cc1F. The Morgan fingerprint density at radius 1 is 1.29 bits per heavy atom. The average Bonchev–Trinajstić information content (AvgIpc) is 2.47. The van der Waals surface area contributed by atoms with Gasteiger partial charge in [-0.05, 0) is 19.4 Å². The maximum atomic E-state index is 14.0. The van der Waals surface area contributed by atoms with Crippen LogP contribution in [0.4, 0.5) is 8.78 Å². The fourth-order valence-corrected chi connectivity index (χ4v) is 1.86. The highest BCUT2D eigenvalue weighted by Gasteiger charge is 2.08. The summed E-state index contributed by atoms with van der Waals surface area (Å²) < 4.78 is 26.8. The molecule has 1 radical (unpaired) electrons. The van der Waals surface area contributed by atoms with E-state index in [0.29, 0.717) is 29.9 Å². The third-order valence-electron chi connectivity index (χ3n) is 3.06. The van der Waals surface area contributed by atoms with Crippen LogP contribution in [-0.4, -0.2) is 16.0 Å². The van der Waals surface area contributed by atoms with Crippen molar-refractivity contribution in [3.8, 4) is 11.4 Å². The van der Waals surface area contributed by atoms with Gasteiger partial charge in [0.25, 0.3) is 0 Å². The Balaban J connectivity index is 2.08. The molecule has 1 aromatic heterocycles. The molecule has 6 heteroatoms. The summed E-state index contributed by atoms with van der Waals surface area (Å²) in [6, 6.07) is 4.91. The molecule has 0 spiro atoms. The summed E-state index contributed by atoms with van der Waals surface area (Å²) in [4.78, 5) is 7.66. The predicted octanol–water partition coefficient (Wildman–Crippen LogP) is 2.41. The average molecular weight is 291 g/mol. The molecule has 0 bridgehead atoms. The van der Waals surface area contributed by atoms with Gasteiger partial charge in [-0.1, -0.05) is 12.1 Å². The molecule has 21 heavy (non-hydrogen) atoms. The quantitative estimate of drug-likeness (QED) is 0.858. The summed E-state index contributed by atoms with van der Waals surface area (Å²) in [7, 11) is 0. The van der Waals surface area contributed by atoms with Gasteiger partial charge in [0.1, 0.15) is 5.82 Å². The molecule has 1 heterocycles. The van der Waals surface area contributed by atoms with E-state index < -0.39 is 5.82 Å². The molecule has 1 unspecified atom stereocenters. The first-order chi connectivity index (χ1) is 10.1. The minimum Gasteiger partial charge on any atom is -0.326 e. The van der Waals surface area contributed by atoms with Crippen molar-refractivity contribution in [2.24, 2.45) is 5.73 Å². The molecule has 0 saturated heterocycles. The van der Waals surface area contributed by atoms with E-state index in [4.69, 9.17) is 5.73 Å². The van der Waals surface area contributed by atoms with Crippen LogP contribution < -0.4 is 11.1 Å². The van der Waals surface area contributed by atoms with E-state index in [1.807, 2.05) is 6.92 Å². The highest BCUT2D eigenvalue weighted by Crippen LogP contribution is 2.18. The van der Waals surface area contributed by atoms with Gasteiger partial charge in [0.05, 0.1) is 12.4 Å². The third kappa shape index (κ3) is 4.27. The largest absolute Gasteiger partial charge is 0.326 e.